The Morgan fingerprint density at radius 3 is 2.60 bits per heavy atom. The molecular formula is C14H13Cl2N3O. The van der Waals surface area contributed by atoms with Gasteiger partial charge in [0.2, 0.25) is 0 Å². The van der Waals surface area contributed by atoms with E-state index in [9.17, 15) is 4.79 Å². The van der Waals surface area contributed by atoms with Crippen molar-refractivity contribution in [2.45, 2.75) is 13.8 Å². The molecule has 1 heterocycles. The van der Waals surface area contributed by atoms with E-state index in [1.54, 1.807) is 25.1 Å². The molecule has 2 aromatic rings. The summed E-state index contributed by atoms with van der Waals surface area (Å²) in [6.45, 7) is 3.67. The molecule has 0 bridgehead atoms. The number of nitrogen functional groups attached to an aromatic ring is 1. The molecule has 0 aliphatic rings. The molecule has 2 rings (SSSR count). The lowest BCUT2D eigenvalue weighted by Gasteiger charge is -2.12. The number of carbonyl (C=O) groups excluding carboxylic acids is 1. The van der Waals surface area contributed by atoms with Gasteiger partial charge in [0.25, 0.3) is 5.91 Å². The maximum absolute atomic E-state index is 12.3. The van der Waals surface area contributed by atoms with Gasteiger partial charge in [0.15, 0.2) is 5.15 Å². The van der Waals surface area contributed by atoms with E-state index in [0.29, 0.717) is 16.9 Å². The fourth-order valence-electron chi connectivity index (χ4n) is 1.79. The Balaban J connectivity index is 2.35. The highest BCUT2D eigenvalue weighted by Gasteiger charge is 2.14. The van der Waals surface area contributed by atoms with E-state index in [4.69, 9.17) is 28.9 Å². The third-order valence-corrected chi connectivity index (χ3v) is 3.30. The monoisotopic (exact) mass is 309 g/mol. The van der Waals surface area contributed by atoms with Crippen LogP contribution in [0.1, 0.15) is 21.5 Å². The third-order valence-electron chi connectivity index (χ3n) is 2.83. The van der Waals surface area contributed by atoms with E-state index in [-0.39, 0.29) is 16.2 Å². The van der Waals surface area contributed by atoms with E-state index in [1.807, 2.05) is 13.0 Å². The molecule has 0 radical (unpaired) electrons. The zero-order valence-electron chi connectivity index (χ0n) is 11.0. The minimum Gasteiger partial charge on any atom is -0.398 e. The van der Waals surface area contributed by atoms with Crippen LogP contribution >= 0.6 is 23.2 Å². The molecule has 20 heavy (non-hydrogen) atoms. The predicted molar refractivity (Wildman–Crippen MR) is 82.5 cm³/mol. The molecule has 0 aliphatic heterocycles. The second kappa shape index (κ2) is 5.69. The number of hydrogen-bond acceptors (Lipinski definition) is 3. The third kappa shape index (κ3) is 3.03. The molecule has 3 N–H and O–H groups in total. The van der Waals surface area contributed by atoms with Crippen molar-refractivity contribution in [2.75, 3.05) is 11.1 Å². The number of amides is 1. The van der Waals surface area contributed by atoms with E-state index < -0.39 is 0 Å². The number of pyridine rings is 1. The van der Waals surface area contributed by atoms with Gasteiger partial charge in [0.1, 0.15) is 5.15 Å². The molecule has 104 valence electrons. The summed E-state index contributed by atoms with van der Waals surface area (Å²) in [6.07, 6.45) is 0. The Morgan fingerprint density at radius 2 is 1.95 bits per heavy atom. The standard InChI is InChI=1S/C14H13Cl2N3O/c1-7-3-4-10(17)9(5-7)14(20)19-12-8(2)6-11(15)18-13(12)16/h3-6H,17H2,1-2H3,(H,19,20). The molecular weight excluding hydrogens is 297 g/mol. The minimum absolute atomic E-state index is 0.148. The number of nitrogens with one attached hydrogen (secondary N) is 1. The number of rotatable bonds is 2. The zero-order valence-corrected chi connectivity index (χ0v) is 12.5. The second-order valence-corrected chi connectivity index (χ2v) is 5.22. The van der Waals surface area contributed by atoms with Crippen LogP contribution in [-0.2, 0) is 0 Å². The van der Waals surface area contributed by atoms with E-state index in [1.165, 1.54) is 0 Å². The fraction of sp³-hybridized carbons (Fsp3) is 0.143. The van der Waals surface area contributed by atoms with Crippen LogP contribution in [-0.4, -0.2) is 10.9 Å². The van der Waals surface area contributed by atoms with Gasteiger partial charge in [-0.1, -0.05) is 34.8 Å². The number of aryl methyl sites for hydroxylation is 2. The number of benzene rings is 1. The van der Waals surface area contributed by atoms with Crippen LogP contribution in [0, 0.1) is 13.8 Å². The highest BCUT2D eigenvalue weighted by Crippen LogP contribution is 2.27. The maximum atomic E-state index is 12.3. The van der Waals surface area contributed by atoms with Crippen molar-refractivity contribution < 1.29 is 4.79 Å². The summed E-state index contributed by atoms with van der Waals surface area (Å²) < 4.78 is 0. The molecule has 0 atom stereocenters. The Morgan fingerprint density at radius 1 is 1.25 bits per heavy atom. The molecule has 6 heteroatoms. The van der Waals surface area contributed by atoms with Crippen molar-refractivity contribution in [1.29, 1.82) is 0 Å². The number of anilines is 2. The largest absolute Gasteiger partial charge is 0.398 e. The molecule has 1 aromatic carbocycles. The minimum atomic E-state index is -0.333. The van der Waals surface area contributed by atoms with Crippen molar-refractivity contribution in [3.05, 3.63) is 51.3 Å². The van der Waals surface area contributed by atoms with Gasteiger partial charge in [-0.2, -0.15) is 0 Å². The van der Waals surface area contributed by atoms with Crippen molar-refractivity contribution in [2.24, 2.45) is 0 Å². The Hall–Kier alpha value is -1.78. The number of carbonyl (C=O) groups is 1. The Bertz CT molecular complexity index is 663. The summed E-state index contributed by atoms with van der Waals surface area (Å²) in [6, 6.07) is 6.88. The summed E-state index contributed by atoms with van der Waals surface area (Å²) in [7, 11) is 0. The highest BCUT2D eigenvalue weighted by molar-refractivity contribution is 6.35. The van der Waals surface area contributed by atoms with E-state index >= 15 is 0 Å². The zero-order chi connectivity index (χ0) is 14.9. The van der Waals surface area contributed by atoms with Gasteiger partial charge < -0.3 is 11.1 Å². The molecule has 0 saturated carbocycles. The molecule has 1 amide bonds. The smallest absolute Gasteiger partial charge is 0.257 e. The molecule has 4 nitrogen and oxygen atoms in total. The van der Waals surface area contributed by atoms with E-state index in [0.717, 1.165) is 11.1 Å². The number of halogens is 2. The SMILES string of the molecule is Cc1ccc(N)c(C(=O)Nc2c(C)cc(Cl)nc2Cl)c1. The lowest BCUT2D eigenvalue weighted by Crippen LogP contribution is -2.15. The Kier molecular flexibility index (Phi) is 4.16. The van der Waals surface area contributed by atoms with Gasteiger partial charge in [-0.05, 0) is 37.6 Å². The van der Waals surface area contributed by atoms with Crippen LogP contribution in [0.15, 0.2) is 24.3 Å². The maximum Gasteiger partial charge on any atom is 0.257 e. The average Bonchev–Trinajstić information content (AvgIpc) is 2.36. The van der Waals surface area contributed by atoms with Crippen LogP contribution < -0.4 is 11.1 Å². The summed E-state index contributed by atoms with van der Waals surface area (Å²) in [5.74, 6) is -0.333. The van der Waals surface area contributed by atoms with Gasteiger partial charge in [-0.3, -0.25) is 4.79 Å². The van der Waals surface area contributed by atoms with Crippen molar-refractivity contribution in [3.8, 4) is 0 Å². The van der Waals surface area contributed by atoms with Gasteiger partial charge >= 0.3 is 0 Å². The molecule has 0 unspecified atom stereocenters. The van der Waals surface area contributed by atoms with Crippen LogP contribution in [0.25, 0.3) is 0 Å². The van der Waals surface area contributed by atoms with Crippen LogP contribution in [0.3, 0.4) is 0 Å². The summed E-state index contributed by atoms with van der Waals surface area (Å²) >= 11 is 11.8. The first-order valence-corrected chi connectivity index (χ1v) is 6.64. The van der Waals surface area contributed by atoms with Crippen LogP contribution in [0.5, 0.6) is 0 Å². The van der Waals surface area contributed by atoms with Crippen molar-refractivity contribution in [3.63, 3.8) is 0 Å². The van der Waals surface area contributed by atoms with Crippen molar-refractivity contribution >= 4 is 40.5 Å². The number of nitrogens with two attached hydrogens (primary N) is 1. The molecule has 1 aromatic heterocycles. The predicted octanol–water partition coefficient (Wildman–Crippen LogP) is 3.84. The number of hydrogen-bond donors (Lipinski definition) is 2. The molecule has 0 spiro atoms. The van der Waals surface area contributed by atoms with Gasteiger partial charge in [-0.15, -0.1) is 0 Å². The second-order valence-electron chi connectivity index (χ2n) is 4.47. The summed E-state index contributed by atoms with van der Waals surface area (Å²) in [5, 5.41) is 3.14. The van der Waals surface area contributed by atoms with Crippen LogP contribution in [0.4, 0.5) is 11.4 Å². The molecule has 0 fully saturated rings. The topological polar surface area (TPSA) is 68.0 Å². The first kappa shape index (κ1) is 14.6. The first-order valence-electron chi connectivity index (χ1n) is 5.88. The summed E-state index contributed by atoms with van der Waals surface area (Å²) in [4.78, 5) is 16.2. The molecule has 0 saturated heterocycles. The van der Waals surface area contributed by atoms with Crippen molar-refractivity contribution in [1.82, 2.24) is 4.98 Å². The highest BCUT2D eigenvalue weighted by atomic mass is 35.5. The summed E-state index contributed by atoms with van der Waals surface area (Å²) in [5.41, 5.74) is 8.73. The lowest BCUT2D eigenvalue weighted by atomic mass is 10.1. The number of nitrogens with zero attached hydrogens (tertiary/aromatic N) is 1. The average molecular weight is 310 g/mol. The normalized spacial score (nSPS) is 10.4. The quantitative estimate of drug-likeness (QED) is 0.654. The van der Waals surface area contributed by atoms with E-state index in [2.05, 4.69) is 10.3 Å². The molecule has 0 aliphatic carbocycles. The van der Waals surface area contributed by atoms with Gasteiger partial charge in [0.05, 0.1) is 11.3 Å². The first-order chi connectivity index (χ1) is 9.38. The lowest BCUT2D eigenvalue weighted by molar-refractivity contribution is 0.102. The van der Waals surface area contributed by atoms with Crippen LogP contribution in [0.2, 0.25) is 10.3 Å². The Labute approximate surface area is 126 Å². The van der Waals surface area contributed by atoms with Gasteiger partial charge in [0, 0.05) is 5.69 Å². The van der Waals surface area contributed by atoms with Gasteiger partial charge in [-0.25, -0.2) is 4.98 Å². The fourth-order valence-corrected chi connectivity index (χ4v) is 2.37. The number of aromatic nitrogens is 1.